The van der Waals surface area contributed by atoms with Crippen LogP contribution in [-0.2, 0) is 11.2 Å². The van der Waals surface area contributed by atoms with Crippen molar-refractivity contribution in [3.05, 3.63) is 59.7 Å². The zero-order valence-electron chi connectivity index (χ0n) is 15.8. The number of hydrogen-bond donors (Lipinski definition) is 2. The molecule has 0 radical (unpaired) electrons. The molecular formula is C20H22N4O2S2. The summed E-state index contributed by atoms with van der Waals surface area (Å²) < 4.78 is 6.08. The lowest BCUT2D eigenvalue weighted by Crippen LogP contribution is -2.27. The van der Waals surface area contributed by atoms with Crippen molar-refractivity contribution in [2.24, 2.45) is 0 Å². The van der Waals surface area contributed by atoms with E-state index in [1.54, 1.807) is 7.11 Å². The number of hydrogen-bond acceptors (Lipinski definition) is 7. The van der Waals surface area contributed by atoms with Gasteiger partial charge in [-0.05, 0) is 42.7 Å². The number of aromatic nitrogens is 2. The van der Waals surface area contributed by atoms with Crippen molar-refractivity contribution >= 4 is 39.8 Å². The minimum absolute atomic E-state index is 0.0247. The van der Waals surface area contributed by atoms with Crippen molar-refractivity contribution in [1.82, 2.24) is 15.5 Å². The lowest BCUT2D eigenvalue weighted by atomic mass is 10.1. The average molecular weight is 415 g/mol. The molecule has 2 aromatic carbocycles. The summed E-state index contributed by atoms with van der Waals surface area (Å²) in [6.07, 6.45) is 0.726. The van der Waals surface area contributed by atoms with Crippen LogP contribution in [0.1, 0.15) is 11.1 Å². The van der Waals surface area contributed by atoms with E-state index in [1.807, 2.05) is 55.5 Å². The fourth-order valence-electron chi connectivity index (χ4n) is 2.59. The minimum atomic E-state index is -0.0247. The Morgan fingerprint density at radius 1 is 1.18 bits per heavy atom. The summed E-state index contributed by atoms with van der Waals surface area (Å²) in [5, 5.41) is 15.1. The van der Waals surface area contributed by atoms with Crippen LogP contribution in [0.25, 0.3) is 0 Å². The second-order valence-electron chi connectivity index (χ2n) is 6.07. The van der Waals surface area contributed by atoms with Gasteiger partial charge in [-0.2, -0.15) is 0 Å². The number of aryl methyl sites for hydroxylation is 1. The molecule has 0 aliphatic carbocycles. The topological polar surface area (TPSA) is 76.1 Å². The number of methoxy groups -OCH3 is 1. The number of benzene rings is 2. The Morgan fingerprint density at radius 3 is 2.86 bits per heavy atom. The lowest BCUT2D eigenvalue weighted by Gasteiger charge is -2.08. The van der Waals surface area contributed by atoms with Crippen LogP contribution in [0, 0.1) is 6.92 Å². The summed E-state index contributed by atoms with van der Waals surface area (Å²) in [5.41, 5.74) is 3.23. The summed E-state index contributed by atoms with van der Waals surface area (Å²) in [7, 11) is 1.65. The van der Waals surface area contributed by atoms with Gasteiger partial charge in [-0.3, -0.25) is 4.79 Å². The van der Waals surface area contributed by atoms with Crippen LogP contribution in [0.15, 0.2) is 52.9 Å². The van der Waals surface area contributed by atoms with Crippen LogP contribution >= 0.6 is 23.1 Å². The van der Waals surface area contributed by atoms with Crippen molar-refractivity contribution in [3.63, 3.8) is 0 Å². The third kappa shape index (κ3) is 5.97. The molecule has 8 heteroatoms. The van der Waals surface area contributed by atoms with Gasteiger partial charge >= 0.3 is 0 Å². The molecule has 146 valence electrons. The molecule has 3 aromatic rings. The highest BCUT2D eigenvalue weighted by atomic mass is 32.2. The normalized spacial score (nSPS) is 10.5. The van der Waals surface area contributed by atoms with Crippen LogP contribution in [-0.4, -0.2) is 35.5 Å². The number of amides is 1. The highest BCUT2D eigenvalue weighted by Crippen LogP contribution is 2.27. The number of rotatable bonds is 9. The summed E-state index contributed by atoms with van der Waals surface area (Å²) in [6.45, 7) is 2.61. The van der Waals surface area contributed by atoms with Gasteiger partial charge in [0.05, 0.1) is 12.9 Å². The molecule has 1 aromatic heterocycles. The number of nitrogens with one attached hydrogen (secondary N) is 2. The number of anilines is 2. The molecule has 0 saturated carbocycles. The van der Waals surface area contributed by atoms with Gasteiger partial charge in [-0.15, -0.1) is 10.2 Å². The van der Waals surface area contributed by atoms with Gasteiger partial charge in [0.25, 0.3) is 0 Å². The molecule has 0 aliphatic rings. The van der Waals surface area contributed by atoms with E-state index in [9.17, 15) is 4.79 Å². The standard InChI is InChI=1S/C20H22N4O2S2/c1-14-6-5-8-16(12-14)22-19-23-24-20(28-19)27-13-18(25)21-11-10-15-7-3-4-9-17(15)26-2/h3-9,12H,10-11,13H2,1-2H3,(H,21,25)(H,22,23). The van der Waals surface area contributed by atoms with Crippen molar-refractivity contribution < 1.29 is 9.53 Å². The van der Waals surface area contributed by atoms with Gasteiger partial charge in [-0.25, -0.2) is 0 Å². The summed E-state index contributed by atoms with van der Waals surface area (Å²) in [6, 6.07) is 15.9. The molecule has 0 bridgehead atoms. The molecule has 0 atom stereocenters. The first-order chi connectivity index (χ1) is 13.6. The van der Waals surface area contributed by atoms with Gasteiger partial charge in [0.1, 0.15) is 5.75 Å². The molecule has 1 heterocycles. The Hall–Kier alpha value is -2.58. The second kappa shape index (κ2) is 10.1. The third-order valence-corrected chi connectivity index (χ3v) is 5.88. The molecule has 0 spiro atoms. The molecule has 6 nitrogen and oxygen atoms in total. The maximum Gasteiger partial charge on any atom is 0.230 e. The van der Waals surface area contributed by atoms with Gasteiger partial charge in [0.15, 0.2) is 4.34 Å². The monoisotopic (exact) mass is 414 g/mol. The van der Waals surface area contributed by atoms with Crippen LogP contribution in [0.2, 0.25) is 0 Å². The van der Waals surface area contributed by atoms with E-state index in [2.05, 4.69) is 20.8 Å². The van der Waals surface area contributed by atoms with Crippen molar-refractivity contribution in [2.45, 2.75) is 17.7 Å². The molecule has 3 rings (SSSR count). The molecule has 28 heavy (non-hydrogen) atoms. The smallest absolute Gasteiger partial charge is 0.230 e. The number of para-hydroxylation sites is 1. The highest BCUT2D eigenvalue weighted by molar-refractivity contribution is 8.01. The van der Waals surface area contributed by atoms with Crippen LogP contribution in [0.4, 0.5) is 10.8 Å². The van der Waals surface area contributed by atoms with Gasteiger partial charge < -0.3 is 15.4 Å². The Bertz CT molecular complexity index is 930. The Kier molecular flexibility index (Phi) is 7.27. The Balaban J connectivity index is 1.42. The maximum atomic E-state index is 12.1. The first-order valence-corrected chi connectivity index (χ1v) is 10.6. The van der Waals surface area contributed by atoms with Gasteiger partial charge in [0, 0.05) is 12.2 Å². The maximum absolute atomic E-state index is 12.1. The largest absolute Gasteiger partial charge is 0.496 e. The predicted octanol–water partition coefficient (Wildman–Crippen LogP) is 4.05. The van der Waals surface area contributed by atoms with Crippen LogP contribution in [0.5, 0.6) is 5.75 Å². The second-order valence-corrected chi connectivity index (χ2v) is 8.27. The molecular weight excluding hydrogens is 392 g/mol. The van der Waals surface area contributed by atoms with E-state index in [0.717, 1.165) is 27.8 Å². The van der Waals surface area contributed by atoms with Gasteiger partial charge in [-0.1, -0.05) is 53.4 Å². The quantitative estimate of drug-likeness (QED) is 0.515. The molecule has 0 unspecified atom stereocenters. The fraction of sp³-hybridized carbons (Fsp3) is 0.250. The first-order valence-electron chi connectivity index (χ1n) is 8.82. The van der Waals surface area contributed by atoms with E-state index in [4.69, 9.17) is 4.74 Å². The molecule has 2 N–H and O–H groups in total. The van der Waals surface area contributed by atoms with Gasteiger partial charge in [0.2, 0.25) is 11.0 Å². The lowest BCUT2D eigenvalue weighted by molar-refractivity contribution is -0.118. The van der Waals surface area contributed by atoms with E-state index >= 15 is 0 Å². The van der Waals surface area contributed by atoms with Crippen molar-refractivity contribution in [2.75, 3.05) is 24.7 Å². The fourth-order valence-corrected chi connectivity index (χ4v) is 4.19. The predicted molar refractivity (Wildman–Crippen MR) is 115 cm³/mol. The van der Waals surface area contributed by atoms with Crippen LogP contribution in [0.3, 0.4) is 0 Å². The number of ether oxygens (including phenoxy) is 1. The number of carbonyl (C=O) groups excluding carboxylic acids is 1. The van der Waals surface area contributed by atoms with Crippen LogP contribution < -0.4 is 15.4 Å². The zero-order valence-corrected chi connectivity index (χ0v) is 17.4. The number of thioether (sulfide) groups is 1. The highest BCUT2D eigenvalue weighted by Gasteiger charge is 2.09. The number of carbonyl (C=O) groups is 1. The summed E-state index contributed by atoms with van der Waals surface area (Å²) in [4.78, 5) is 12.1. The SMILES string of the molecule is COc1ccccc1CCNC(=O)CSc1nnc(Nc2cccc(C)c2)s1. The minimum Gasteiger partial charge on any atom is -0.496 e. The molecule has 0 fully saturated rings. The number of nitrogens with zero attached hydrogens (tertiary/aromatic N) is 2. The van der Waals surface area contributed by atoms with E-state index in [1.165, 1.54) is 28.7 Å². The Morgan fingerprint density at radius 2 is 2.04 bits per heavy atom. The summed E-state index contributed by atoms with van der Waals surface area (Å²) >= 11 is 2.82. The van der Waals surface area contributed by atoms with E-state index in [0.29, 0.717) is 17.4 Å². The zero-order chi connectivity index (χ0) is 19.8. The van der Waals surface area contributed by atoms with E-state index in [-0.39, 0.29) is 5.91 Å². The molecule has 0 aliphatic heterocycles. The average Bonchev–Trinajstić information content (AvgIpc) is 3.14. The summed E-state index contributed by atoms with van der Waals surface area (Å²) in [5.74, 6) is 1.13. The Labute approximate surface area is 172 Å². The first kappa shape index (κ1) is 20.2. The van der Waals surface area contributed by atoms with Crippen molar-refractivity contribution in [3.8, 4) is 5.75 Å². The molecule has 1 amide bonds. The van der Waals surface area contributed by atoms with Crippen molar-refractivity contribution in [1.29, 1.82) is 0 Å². The van der Waals surface area contributed by atoms with E-state index < -0.39 is 0 Å². The molecule has 0 saturated heterocycles. The third-order valence-electron chi connectivity index (χ3n) is 3.91.